The Morgan fingerprint density at radius 3 is 2.71 bits per heavy atom. The summed E-state index contributed by atoms with van der Waals surface area (Å²) in [6.45, 7) is 6.71. The second-order valence-corrected chi connectivity index (χ2v) is 4.05. The van der Waals surface area contributed by atoms with Crippen molar-refractivity contribution < 1.29 is 4.79 Å². The lowest BCUT2D eigenvalue weighted by molar-refractivity contribution is -0.121. The van der Waals surface area contributed by atoms with Gasteiger partial charge in [0.25, 0.3) is 0 Å². The van der Waals surface area contributed by atoms with Gasteiger partial charge in [-0.1, -0.05) is 17.7 Å². The minimum absolute atomic E-state index is 0.0870. The molecule has 0 radical (unpaired) electrons. The van der Waals surface area contributed by atoms with E-state index in [0.717, 1.165) is 13.0 Å². The number of ketones is 1. The largest absolute Gasteiger partial charge is 0.298 e. The predicted molar refractivity (Wildman–Crippen MR) is 59.2 cm³/mol. The number of rotatable bonds is 2. The number of carbonyl (C=O) groups excluding carboxylic acids is 1. The summed E-state index contributed by atoms with van der Waals surface area (Å²) in [6.07, 6.45) is 5.08. The van der Waals surface area contributed by atoms with E-state index in [1.54, 1.807) is 6.92 Å². The maximum atomic E-state index is 11.3. The van der Waals surface area contributed by atoms with E-state index < -0.39 is 0 Å². The van der Waals surface area contributed by atoms with Crippen LogP contribution in [-0.2, 0) is 4.79 Å². The fourth-order valence-corrected chi connectivity index (χ4v) is 1.94. The van der Waals surface area contributed by atoms with E-state index >= 15 is 0 Å². The van der Waals surface area contributed by atoms with Crippen LogP contribution in [0.25, 0.3) is 0 Å². The number of carbonyl (C=O) groups is 1. The van der Waals surface area contributed by atoms with Crippen molar-refractivity contribution in [3.05, 3.63) is 23.3 Å². The highest BCUT2D eigenvalue weighted by Gasteiger charge is 2.25. The van der Waals surface area contributed by atoms with Gasteiger partial charge in [-0.05, 0) is 39.8 Å². The Balaban J connectivity index is 2.86. The minimum Gasteiger partial charge on any atom is -0.298 e. The van der Waals surface area contributed by atoms with Crippen LogP contribution in [-0.4, -0.2) is 30.3 Å². The third kappa shape index (κ3) is 2.32. The Morgan fingerprint density at radius 1 is 1.57 bits per heavy atom. The van der Waals surface area contributed by atoms with Gasteiger partial charge >= 0.3 is 0 Å². The molecule has 2 heteroatoms. The molecule has 14 heavy (non-hydrogen) atoms. The van der Waals surface area contributed by atoms with Gasteiger partial charge < -0.3 is 0 Å². The molecule has 1 heterocycles. The molecule has 0 spiro atoms. The third-order valence-electron chi connectivity index (χ3n) is 2.84. The molecule has 2 nitrogen and oxygen atoms in total. The van der Waals surface area contributed by atoms with Crippen molar-refractivity contribution >= 4 is 5.78 Å². The molecule has 1 atom stereocenters. The van der Waals surface area contributed by atoms with Gasteiger partial charge in [0.1, 0.15) is 5.78 Å². The van der Waals surface area contributed by atoms with Crippen LogP contribution in [0.1, 0.15) is 27.2 Å². The van der Waals surface area contributed by atoms with Gasteiger partial charge in [-0.2, -0.15) is 0 Å². The molecule has 78 valence electrons. The highest BCUT2D eigenvalue weighted by molar-refractivity contribution is 5.82. The van der Waals surface area contributed by atoms with Crippen molar-refractivity contribution in [1.82, 2.24) is 4.90 Å². The number of allylic oxidation sites excluding steroid dienone is 1. The molecule has 0 aliphatic carbocycles. The highest BCUT2D eigenvalue weighted by Crippen LogP contribution is 2.22. The molecule has 0 bridgehead atoms. The van der Waals surface area contributed by atoms with E-state index in [0.29, 0.717) is 0 Å². The fourth-order valence-electron chi connectivity index (χ4n) is 1.94. The number of Topliss-reactive ketones (excluding diaryl/α,β-unsaturated/α-hetero) is 1. The Kier molecular flexibility index (Phi) is 3.64. The van der Waals surface area contributed by atoms with E-state index in [-0.39, 0.29) is 11.8 Å². The molecule has 1 aliphatic rings. The van der Waals surface area contributed by atoms with Crippen LogP contribution in [0.3, 0.4) is 0 Å². The summed E-state index contributed by atoms with van der Waals surface area (Å²) in [5.41, 5.74) is 2.70. The number of hydrogen-bond donors (Lipinski definition) is 0. The van der Waals surface area contributed by atoms with Gasteiger partial charge in [-0.15, -0.1) is 0 Å². The van der Waals surface area contributed by atoms with Crippen LogP contribution >= 0.6 is 0 Å². The van der Waals surface area contributed by atoms with Gasteiger partial charge in [-0.25, -0.2) is 0 Å². The van der Waals surface area contributed by atoms with E-state index in [1.807, 2.05) is 14.0 Å². The molecule has 0 fully saturated rings. The number of hydrogen-bond acceptors (Lipinski definition) is 2. The summed E-state index contributed by atoms with van der Waals surface area (Å²) in [5.74, 6) is 0.270. The van der Waals surface area contributed by atoms with Crippen molar-refractivity contribution in [3.63, 3.8) is 0 Å². The lowest BCUT2D eigenvalue weighted by Gasteiger charge is -2.32. The van der Waals surface area contributed by atoms with Crippen LogP contribution in [0.4, 0.5) is 0 Å². The van der Waals surface area contributed by atoms with Crippen LogP contribution in [0.15, 0.2) is 23.3 Å². The standard InChI is InChI=1S/C12H19NO/c1-5-6-11-8-13(4)12(10(3)14)7-9(11)2/h5-6,12H,7-8H2,1-4H3/b6-5-. The lowest BCUT2D eigenvalue weighted by atomic mass is 9.93. The summed E-state index contributed by atoms with van der Waals surface area (Å²) in [5, 5.41) is 0. The van der Waals surface area contributed by atoms with Crippen LogP contribution < -0.4 is 0 Å². The molecule has 1 aliphatic heterocycles. The van der Waals surface area contributed by atoms with Crippen LogP contribution in [0, 0.1) is 0 Å². The van der Waals surface area contributed by atoms with Gasteiger partial charge in [-0.3, -0.25) is 9.69 Å². The SMILES string of the molecule is C/C=C\C1=C(C)CC(C(C)=O)N(C)C1. The monoisotopic (exact) mass is 193 g/mol. The van der Waals surface area contributed by atoms with Crippen molar-refractivity contribution in [2.24, 2.45) is 0 Å². The zero-order chi connectivity index (χ0) is 10.7. The van der Waals surface area contributed by atoms with E-state index in [4.69, 9.17) is 0 Å². The molecular weight excluding hydrogens is 174 g/mol. The quantitative estimate of drug-likeness (QED) is 0.670. The smallest absolute Gasteiger partial charge is 0.147 e. The highest BCUT2D eigenvalue weighted by atomic mass is 16.1. The van der Waals surface area contributed by atoms with Crippen molar-refractivity contribution in [3.8, 4) is 0 Å². The van der Waals surface area contributed by atoms with Gasteiger partial charge in [0.05, 0.1) is 6.04 Å². The Hall–Kier alpha value is -0.890. The predicted octanol–water partition coefficient (Wildman–Crippen LogP) is 2.17. The first-order valence-electron chi connectivity index (χ1n) is 5.08. The molecule has 0 saturated carbocycles. The Bertz CT molecular complexity index is 289. The molecule has 0 amide bonds. The fraction of sp³-hybridized carbons (Fsp3) is 0.583. The Morgan fingerprint density at radius 2 is 2.21 bits per heavy atom. The summed E-state index contributed by atoms with van der Waals surface area (Å²) in [6, 6.07) is 0.0870. The van der Waals surface area contributed by atoms with Gasteiger partial charge in [0.15, 0.2) is 0 Å². The van der Waals surface area contributed by atoms with E-state index in [2.05, 4.69) is 24.0 Å². The maximum absolute atomic E-state index is 11.3. The van der Waals surface area contributed by atoms with Crippen LogP contribution in [0.5, 0.6) is 0 Å². The number of nitrogens with zero attached hydrogens (tertiary/aromatic N) is 1. The topological polar surface area (TPSA) is 20.3 Å². The number of likely N-dealkylation sites (N-methyl/N-ethyl adjacent to an activating group) is 1. The molecule has 0 N–H and O–H groups in total. The second-order valence-electron chi connectivity index (χ2n) is 4.05. The normalized spacial score (nSPS) is 24.7. The average Bonchev–Trinajstić information content (AvgIpc) is 2.10. The van der Waals surface area contributed by atoms with Crippen molar-refractivity contribution in [1.29, 1.82) is 0 Å². The minimum atomic E-state index is 0.0870. The molecule has 0 aromatic rings. The lowest BCUT2D eigenvalue weighted by Crippen LogP contribution is -2.41. The van der Waals surface area contributed by atoms with Crippen molar-refractivity contribution in [2.75, 3.05) is 13.6 Å². The Labute approximate surface area is 86.3 Å². The molecule has 1 unspecified atom stereocenters. The zero-order valence-corrected chi connectivity index (χ0v) is 9.50. The van der Waals surface area contributed by atoms with Gasteiger partial charge in [0.2, 0.25) is 0 Å². The summed E-state index contributed by atoms with van der Waals surface area (Å²) >= 11 is 0. The third-order valence-corrected chi connectivity index (χ3v) is 2.84. The zero-order valence-electron chi connectivity index (χ0n) is 9.50. The first-order valence-corrected chi connectivity index (χ1v) is 5.08. The van der Waals surface area contributed by atoms with Gasteiger partial charge in [0, 0.05) is 6.54 Å². The molecule has 0 aromatic heterocycles. The molecular formula is C12H19NO. The second kappa shape index (κ2) is 4.56. The maximum Gasteiger partial charge on any atom is 0.147 e. The van der Waals surface area contributed by atoms with Crippen LogP contribution in [0.2, 0.25) is 0 Å². The summed E-state index contributed by atoms with van der Waals surface area (Å²) in [4.78, 5) is 13.5. The molecule has 0 aromatic carbocycles. The first kappa shape index (κ1) is 11.2. The molecule has 0 saturated heterocycles. The van der Waals surface area contributed by atoms with E-state index in [9.17, 15) is 4.79 Å². The summed E-state index contributed by atoms with van der Waals surface area (Å²) in [7, 11) is 2.02. The van der Waals surface area contributed by atoms with Crippen molar-refractivity contribution in [2.45, 2.75) is 33.2 Å². The van der Waals surface area contributed by atoms with E-state index in [1.165, 1.54) is 11.1 Å². The molecule has 1 rings (SSSR count). The summed E-state index contributed by atoms with van der Waals surface area (Å²) < 4.78 is 0. The average molecular weight is 193 g/mol. The first-order chi connectivity index (χ1) is 6.56.